The Morgan fingerprint density at radius 2 is 1.82 bits per heavy atom. The Morgan fingerprint density at radius 1 is 1.11 bits per heavy atom. The van der Waals surface area contributed by atoms with Gasteiger partial charge in [-0.2, -0.15) is 0 Å². The zero-order valence-corrected chi connectivity index (χ0v) is 16.3. The maximum atomic E-state index is 12.6. The Morgan fingerprint density at radius 3 is 2.54 bits per heavy atom. The first-order chi connectivity index (χ1) is 13.5. The number of amides is 3. The molecule has 0 bridgehead atoms. The number of anilines is 2. The van der Waals surface area contributed by atoms with Crippen molar-refractivity contribution in [3.63, 3.8) is 0 Å². The van der Waals surface area contributed by atoms with Crippen molar-refractivity contribution in [1.29, 1.82) is 0 Å². The number of rotatable bonds is 5. The summed E-state index contributed by atoms with van der Waals surface area (Å²) in [5.74, 6) is 0.395. The number of nitrogens with two attached hydrogens (primary N) is 1. The summed E-state index contributed by atoms with van der Waals surface area (Å²) in [6, 6.07) is 14.9. The summed E-state index contributed by atoms with van der Waals surface area (Å²) in [7, 11) is 0. The SMILES string of the molecule is Cc1ccc(NC(=O)NCC2CCCN(C(=O)Cc3ccc(N)cc3)C2)cc1. The molecule has 0 saturated carbocycles. The van der Waals surface area contributed by atoms with Crippen LogP contribution >= 0.6 is 0 Å². The zero-order valence-electron chi connectivity index (χ0n) is 16.3. The van der Waals surface area contributed by atoms with Crippen molar-refractivity contribution in [2.45, 2.75) is 26.2 Å². The summed E-state index contributed by atoms with van der Waals surface area (Å²) < 4.78 is 0. The normalized spacial score (nSPS) is 16.5. The van der Waals surface area contributed by atoms with Crippen LogP contribution in [0, 0.1) is 12.8 Å². The van der Waals surface area contributed by atoms with Gasteiger partial charge in [-0.05, 0) is 55.5 Å². The van der Waals surface area contributed by atoms with Crippen LogP contribution in [0.15, 0.2) is 48.5 Å². The van der Waals surface area contributed by atoms with Crippen molar-refractivity contribution >= 4 is 23.3 Å². The zero-order chi connectivity index (χ0) is 19.9. The quantitative estimate of drug-likeness (QED) is 0.696. The van der Waals surface area contributed by atoms with Crippen molar-refractivity contribution in [3.8, 4) is 0 Å². The van der Waals surface area contributed by atoms with E-state index >= 15 is 0 Å². The summed E-state index contributed by atoms with van der Waals surface area (Å²) in [5, 5.41) is 5.77. The number of hydrogen-bond acceptors (Lipinski definition) is 3. The largest absolute Gasteiger partial charge is 0.399 e. The second-order valence-corrected chi connectivity index (χ2v) is 7.47. The number of hydrogen-bond donors (Lipinski definition) is 3. The molecule has 6 heteroatoms. The molecule has 1 aliphatic heterocycles. The lowest BCUT2D eigenvalue weighted by molar-refractivity contribution is -0.132. The maximum absolute atomic E-state index is 12.6. The lowest BCUT2D eigenvalue weighted by atomic mass is 9.97. The highest BCUT2D eigenvalue weighted by molar-refractivity contribution is 5.89. The van der Waals surface area contributed by atoms with Gasteiger partial charge >= 0.3 is 6.03 Å². The van der Waals surface area contributed by atoms with E-state index in [4.69, 9.17) is 5.73 Å². The molecule has 1 fully saturated rings. The summed E-state index contributed by atoms with van der Waals surface area (Å²) >= 11 is 0. The van der Waals surface area contributed by atoms with E-state index in [1.54, 1.807) is 0 Å². The molecular weight excluding hydrogens is 352 g/mol. The van der Waals surface area contributed by atoms with Crippen LogP contribution in [0.3, 0.4) is 0 Å². The number of aryl methyl sites for hydroxylation is 1. The van der Waals surface area contributed by atoms with Gasteiger partial charge in [0.25, 0.3) is 0 Å². The van der Waals surface area contributed by atoms with Crippen LogP contribution in [0.5, 0.6) is 0 Å². The highest BCUT2D eigenvalue weighted by Gasteiger charge is 2.24. The highest BCUT2D eigenvalue weighted by atomic mass is 16.2. The first-order valence-electron chi connectivity index (χ1n) is 9.73. The van der Waals surface area contributed by atoms with Crippen LogP contribution in [0.4, 0.5) is 16.2 Å². The molecule has 148 valence electrons. The molecule has 3 amide bonds. The second-order valence-electron chi connectivity index (χ2n) is 7.47. The number of benzene rings is 2. The summed E-state index contributed by atoms with van der Waals surface area (Å²) in [6.45, 7) is 4.02. The van der Waals surface area contributed by atoms with E-state index in [1.165, 1.54) is 0 Å². The van der Waals surface area contributed by atoms with Gasteiger partial charge in [0.2, 0.25) is 5.91 Å². The van der Waals surface area contributed by atoms with Gasteiger partial charge in [0.05, 0.1) is 6.42 Å². The minimum Gasteiger partial charge on any atom is -0.399 e. The molecule has 1 saturated heterocycles. The monoisotopic (exact) mass is 380 g/mol. The molecule has 1 aliphatic rings. The van der Waals surface area contributed by atoms with E-state index in [-0.39, 0.29) is 17.9 Å². The highest BCUT2D eigenvalue weighted by Crippen LogP contribution is 2.17. The van der Waals surface area contributed by atoms with E-state index in [2.05, 4.69) is 10.6 Å². The van der Waals surface area contributed by atoms with Crippen LogP contribution in [-0.2, 0) is 11.2 Å². The lowest BCUT2D eigenvalue weighted by Gasteiger charge is -2.33. The van der Waals surface area contributed by atoms with E-state index in [0.29, 0.717) is 25.2 Å². The third-order valence-electron chi connectivity index (χ3n) is 5.07. The van der Waals surface area contributed by atoms with Crippen molar-refractivity contribution in [2.75, 3.05) is 30.7 Å². The predicted octanol–water partition coefficient (Wildman–Crippen LogP) is 3.18. The van der Waals surface area contributed by atoms with Crippen LogP contribution in [0.2, 0.25) is 0 Å². The Balaban J connectivity index is 1.45. The average molecular weight is 380 g/mol. The third kappa shape index (κ3) is 5.74. The third-order valence-corrected chi connectivity index (χ3v) is 5.07. The van der Waals surface area contributed by atoms with E-state index < -0.39 is 0 Å². The molecule has 0 aromatic heterocycles. The molecule has 1 heterocycles. The van der Waals surface area contributed by atoms with Gasteiger partial charge in [0.1, 0.15) is 0 Å². The predicted molar refractivity (Wildman–Crippen MR) is 112 cm³/mol. The number of carbonyl (C=O) groups excluding carboxylic acids is 2. The van der Waals surface area contributed by atoms with Gasteiger partial charge < -0.3 is 21.3 Å². The van der Waals surface area contributed by atoms with Gasteiger partial charge in [-0.1, -0.05) is 29.8 Å². The minimum absolute atomic E-state index is 0.124. The molecule has 0 radical (unpaired) electrons. The Hall–Kier alpha value is -3.02. The molecule has 2 aromatic rings. The Bertz CT molecular complexity index is 802. The summed E-state index contributed by atoms with van der Waals surface area (Å²) in [5.41, 5.74) is 9.28. The fourth-order valence-electron chi connectivity index (χ4n) is 3.43. The number of piperidine rings is 1. The van der Waals surface area contributed by atoms with Gasteiger partial charge in [0.15, 0.2) is 0 Å². The molecule has 0 spiro atoms. The molecule has 1 atom stereocenters. The lowest BCUT2D eigenvalue weighted by Crippen LogP contribution is -2.44. The van der Waals surface area contributed by atoms with Crippen LogP contribution < -0.4 is 16.4 Å². The number of nitrogen functional groups attached to an aromatic ring is 1. The molecule has 3 rings (SSSR count). The number of nitrogens with one attached hydrogen (secondary N) is 2. The van der Waals surface area contributed by atoms with Crippen molar-refractivity contribution < 1.29 is 9.59 Å². The van der Waals surface area contributed by atoms with Crippen molar-refractivity contribution in [2.24, 2.45) is 5.92 Å². The smallest absolute Gasteiger partial charge is 0.319 e. The first kappa shape index (κ1) is 19.7. The number of carbonyl (C=O) groups is 2. The molecule has 1 unspecified atom stereocenters. The van der Waals surface area contributed by atoms with Crippen molar-refractivity contribution in [3.05, 3.63) is 59.7 Å². The molecule has 2 aromatic carbocycles. The molecule has 0 aliphatic carbocycles. The van der Waals surface area contributed by atoms with Crippen LogP contribution in [0.25, 0.3) is 0 Å². The number of nitrogens with zero attached hydrogens (tertiary/aromatic N) is 1. The minimum atomic E-state index is -0.214. The second kappa shape index (κ2) is 9.26. The maximum Gasteiger partial charge on any atom is 0.319 e. The van der Waals surface area contributed by atoms with Gasteiger partial charge in [-0.3, -0.25) is 4.79 Å². The number of likely N-dealkylation sites (tertiary alicyclic amines) is 1. The van der Waals surface area contributed by atoms with Gasteiger partial charge in [0, 0.05) is 31.0 Å². The Labute approximate surface area is 166 Å². The van der Waals surface area contributed by atoms with Gasteiger partial charge in [-0.15, -0.1) is 0 Å². The average Bonchev–Trinajstić information content (AvgIpc) is 2.70. The fourth-order valence-corrected chi connectivity index (χ4v) is 3.43. The van der Waals surface area contributed by atoms with E-state index in [0.717, 1.165) is 36.2 Å². The van der Waals surface area contributed by atoms with Crippen LogP contribution in [-0.4, -0.2) is 36.5 Å². The Kier molecular flexibility index (Phi) is 6.53. The van der Waals surface area contributed by atoms with Crippen LogP contribution in [0.1, 0.15) is 24.0 Å². The van der Waals surface area contributed by atoms with Crippen molar-refractivity contribution in [1.82, 2.24) is 10.2 Å². The number of urea groups is 1. The van der Waals surface area contributed by atoms with Gasteiger partial charge in [-0.25, -0.2) is 4.79 Å². The standard InChI is InChI=1S/C22H28N4O2/c1-16-4-10-20(11-5-16)25-22(28)24-14-18-3-2-12-26(15-18)21(27)13-17-6-8-19(23)9-7-17/h4-11,18H,2-3,12-15,23H2,1H3,(H2,24,25,28). The molecule has 6 nitrogen and oxygen atoms in total. The van der Waals surface area contributed by atoms with E-state index in [1.807, 2.05) is 60.4 Å². The first-order valence-corrected chi connectivity index (χ1v) is 9.73. The molecule has 4 N–H and O–H groups in total. The topological polar surface area (TPSA) is 87.5 Å². The van der Waals surface area contributed by atoms with E-state index in [9.17, 15) is 9.59 Å². The molecular formula is C22H28N4O2. The fraction of sp³-hybridized carbons (Fsp3) is 0.364. The molecule has 28 heavy (non-hydrogen) atoms. The summed E-state index contributed by atoms with van der Waals surface area (Å²) in [6.07, 6.45) is 2.35. The summed E-state index contributed by atoms with van der Waals surface area (Å²) in [4.78, 5) is 26.6.